The Morgan fingerprint density at radius 2 is 1.79 bits per heavy atom. The Morgan fingerprint density at radius 1 is 1.06 bits per heavy atom. The number of nitrogens with zero attached hydrogens (tertiary/aromatic N) is 1. The molecule has 1 heterocycles. The first-order valence-electron chi connectivity index (χ1n) is 11.0. The minimum Gasteiger partial charge on any atom is -0.487 e. The minimum absolute atomic E-state index is 0.109. The number of carbonyl (C=O) groups is 2. The van der Waals surface area contributed by atoms with Gasteiger partial charge in [0.2, 0.25) is 0 Å². The molecule has 176 valence electrons. The maximum atomic E-state index is 13.2. The van der Waals surface area contributed by atoms with E-state index in [0.717, 1.165) is 36.1 Å². The van der Waals surface area contributed by atoms with E-state index in [0.29, 0.717) is 21.2 Å². The van der Waals surface area contributed by atoms with Crippen molar-refractivity contribution in [2.24, 2.45) is 0 Å². The maximum Gasteiger partial charge on any atom is 0.323 e. The Balaban J connectivity index is 1.52. The van der Waals surface area contributed by atoms with Crippen LogP contribution in [-0.4, -0.2) is 34.0 Å². The van der Waals surface area contributed by atoms with Gasteiger partial charge in [0.1, 0.15) is 17.9 Å². The van der Waals surface area contributed by atoms with Gasteiger partial charge in [-0.05, 0) is 72.9 Å². The quantitative estimate of drug-likeness (QED) is 0.431. The monoisotopic (exact) mass is 497 g/mol. The van der Waals surface area contributed by atoms with E-state index in [9.17, 15) is 14.7 Å². The molecule has 0 bridgehead atoms. The van der Waals surface area contributed by atoms with Gasteiger partial charge < -0.3 is 14.7 Å². The zero-order chi connectivity index (χ0) is 24.3. The molecule has 0 spiro atoms. The van der Waals surface area contributed by atoms with Crippen LogP contribution in [0.25, 0.3) is 0 Å². The zero-order valence-corrected chi connectivity index (χ0v) is 20.3. The molecule has 0 unspecified atom stereocenters. The molecule has 0 saturated heterocycles. The molecular weight excluding hydrogens is 473 g/mol. The number of rotatable bonds is 7. The molecule has 5 nitrogen and oxygen atoms in total. The van der Waals surface area contributed by atoms with Crippen molar-refractivity contribution in [2.75, 3.05) is 6.54 Å². The van der Waals surface area contributed by atoms with Crippen LogP contribution in [0.1, 0.15) is 40.4 Å². The predicted molar refractivity (Wildman–Crippen MR) is 133 cm³/mol. The summed E-state index contributed by atoms with van der Waals surface area (Å²) in [4.78, 5) is 26.0. The number of hydrogen-bond acceptors (Lipinski definition) is 3. The van der Waals surface area contributed by atoms with Gasteiger partial charge in [-0.1, -0.05) is 53.5 Å². The van der Waals surface area contributed by atoms with E-state index in [1.165, 1.54) is 4.90 Å². The van der Waals surface area contributed by atoms with E-state index >= 15 is 0 Å². The highest BCUT2D eigenvalue weighted by Gasteiger charge is 2.32. The van der Waals surface area contributed by atoms with Gasteiger partial charge in [0.25, 0.3) is 5.91 Å². The van der Waals surface area contributed by atoms with Crippen LogP contribution in [0.2, 0.25) is 10.0 Å². The molecule has 0 fully saturated rings. The van der Waals surface area contributed by atoms with Crippen LogP contribution in [0.15, 0.2) is 66.7 Å². The summed E-state index contributed by atoms with van der Waals surface area (Å²) in [6.07, 6.45) is 2.29. The van der Waals surface area contributed by atoms with E-state index in [2.05, 4.69) is 6.92 Å². The van der Waals surface area contributed by atoms with Crippen LogP contribution in [0.5, 0.6) is 5.75 Å². The molecule has 7 heteroatoms. The van der Waals surface area contributed by atoms with Gasteiger partial charge in [-0.3, -0.25) is 9.59 Å². The lowest BCUT2D eigenvalue weighted by Crippen LogP contribution is -2.39. The van der Waals surface area contributed by atoms with Crippen molar-refractivity contribution < 1.29 is 19.4 Å². The molecule has 3 aromatic carbocycles. The van der Waals surface area contributed by atoms with E-state index in [4.69, 9.17) is 27.9 Å². The molecule has 0 saturated carbocycles. The zero-order valence-electron chi connectivity index (χ0n) is 18.8. The Morgan fingerprint density at radius 3 is 2.50 bits per heavy atom. The fourth-order valence-electron chi connectivity index (χ4n) is 4.26. The van der Waals surface area contributed by atoms with Crippen molar-refractivity contribution in [1.29, 1.82) is 0 Å². The summed E-state index contributed by atoms with van der Waals surface area (Å²) >= 11 is 12.2. The number of aryl methyl sites for hydroxylation is 1. The molecule has 1 amide bonds. The second-order valence-electron chi connectivity index (χ2n) is 8.82. The molecule has 0 aromatic heterocycles. The molecule has 1 N–H and O–H groups in total. The molecular formula is C27H25Cl2NO4. The number of amides is 1. The molecule has 1 aliphatic rings. The highest BCUT2D eigenvalue weighted by atomic mass is 35.5. The van der Waals surface area contributed by atoms with Gasteiger partial charge in [-0.2, -0.15) is 0 Å². The summed E-state index contributed by atoms with van der Waals surface area (Å²) in [7, 11) is 0. The highest BCUT2D eigenvalue weighted by Crippen LogP contribution is 2.36. The largest absolute Gasteiger partial charge is 0.487 e. The molecule has 3 aromatic rings. The summed E-state index contributed by atoms with van der Waals surface area (Å²) in [5.74, 6) is -0.700. The number of carboxylic acid groups (broad SMARTS) is 1. The molecule has 34 heavy (non-hydrogen) atoms. The lowest BCUT2D eigenvalue weighted by Gasteiger charge is -2.36. The first kappa shape index (κ1) is 24.1. The second-order valence-corrected chi connectivity index (χ2v) is 9.67. The van der Waals surface area contributed by atoms with E-state index < -0.39 is 12.5 Å². The lowest BCUT2D eigenvalue weighted by molar-refractivity contribution is -0.137. The average molecular weight is 498 g/mol. The van der Waals surface area contributed by atoms with Gasteiger partial charge in [-0.25, -0.2) is 0 Å². The first-order valence-corrected chi connectivity index (χ1v) is 11.8. The topological polar surface area (TPSA) is 66.8 Å². The van der Waals surface area contributed by atoms with Crippen molar-refractivity contribution >= 4 is 35.1 Å². The van der Waals surface area contributed by atoms with E-state index in [1.807, 2.05) is 30.3 Å². The Hall–Kier alpha value is -3.02. The van der Waals surface area contributed by atoms with E-state index in [-0.39, 0.29) is 18.1 Å². The summed E-state index contributed by atoms with van der Waals surface area (Å²) < 4.78 is 6.36. The Bertz CT molecular complexity index is 1210. The molecule has 4 rings (SSSR count). The summed E-state index contributed by atoms with van der Waals surface area (Å²) in [5.41, 5.74) is 2.83. The van der Waals surface area contributed by atoms with Crippen LogP contribution < -0.4 is 4.74 Å². The third-order valence-corrected chi connectivity index (χ3v) is 6.63. The first-order chi connectivity index (χ1) is 16.2. The van der Waals surface area contributed by atoms with Gasteiger partial charge in [0, 0.05) is 28.6 Å². The lowest BCUT2D eigenvalue weighted by atomic mass is 9.87. The summed E-state index contributed by atoms with van der Waals surface area (Å²) in [5, 5.41) is 10.6. The standard InChI is InChI=1S/C27H25Cl2NO4/c1-27(15-18-6-9-22(28)10-7-18)13-12-19-14-20(8-11-24(19)34-27)26(33)30(17-25(31)32)16-21-4-2-3-5-23(21)29/h2-11,14H,12-13,15-17H2,1H3,(H,31,32)/t27-/m1/s1. The number of fused-ring (bicyclic) bond motifs is 1. The highest BCUT2D eigenvalue weighted by molar-refractivity contribution is 6.31. The third-order valence-electron chi connectivity index (χ3n) is 6.01. The van der Waals surface area contributed by atoms with Crippen molar-refractivity contribution in [3.63, 3.8) is 0 Å². The number of ether oxygens (including phenoxy) is 1. The average Bonchev–Trinajstić information content (AvgIpc) is 2.80. The summed E-state index contributed by atoms with van der Waals surface area (Å²) in [6, 6.07) is 20.2. The van der Waals surface area contributed by atoms with Crippen LogP contribution >= 0.6 is 23.2 Å². The molecule has 1 atom stereocenters. The number of carbonyl (C=O) groups excluding carboxylic acids is 1. The SMILES string of the molecule is C[C@]1(Cc2ccc(Cl)cc2)CCc2cc(C(=O)N(CC(=O)O)Cc3ccccc3Cl)ccc2O1. The number of halogens is 2. The number of hydrogen-bond donors (Lipinski definition) is 1. The van der Waals surface area contributed by atoms with Crippen molar-refractivity contribution in [1.82, 2.24) is 4.90 Å². The van der Waals surface area contributed by atoms with Crippen LogP contribution in [0.3, 0.4) is 0 Å². The fourth-order valence-corrected chi connectivity index (χ4v) is 4.58. The van der Waals surface area contributed by atoms with Crippen molar-refractivity contribution in [3.05, 3.63) is 99.0 Å². The maximum absolute atomic E-state index is 13.2. The number of benzene rings is 3. The smallest absolute Gasteiger partial charge is 0.323 e. The minimum atomic E-state index is -1.08. The molecule has 0 radical (unpaired) electrons. The van der Waals surface area contributed by atoms with Crippen molar-refractivity contribution in [3.8, 4) is 5.75 Å². The van der Waals surface area contributed by atoms with Gasteiger partial charge in [0.15, 0.2) is 0 Å². The Labute approximate surface area is 208 Å². The number of carboxylic acids is 1. The van der Waals surface area contributed by atoms with Gasteiger partial charge in [0.05, 0.1) is 0 Å². The fraction of sp³-hybridized carbons (Fsp3) is 0.259. The number of aliphatic carboxylic acids is 1. The van der Waals surface area contributed by atoms with Crippen LogP contribution in [-0.2, 0) is 24.2 Å². The second kappa shape index (κ2) is 10.1. The van der Waals surface area contributed by atoms with Gasteiger partial charge >= 0.3 is 5.97 Å². The third kappa shape index (κ3) is 5.72. The Kier molecular flexibility index (Phi) is 7.15. The van der Waals surface area contributed by atoms with Crippen molar-refractivity contribution in [2.45, 2.75) is 38.3 Å². The molecule has 0 aliphatic carbocycles. The summed E-state index contributed by atoms with van der Waals surface area (Å²) in [6.45, 7) is 1.77. The van der Waals surface area contributed by atoms with Crippen LogP contribution in [0.4, 0.5) is 0 Å². The molecule has 1 aliphatic heterocycles. The van der Waals surface area contributed by atoms with Gasteiger partial charge in [-0.15, -0.1) is 0 Å². The van der Waals surface area contributed by atoms with E-state index in [1.54, 1.807) is 36.4 Å². The van der Waals surface area contributed by atoms with Crippen LogP contribution in [0, 0.1) is 0 Å². The normalized spacial score (nSPS) is 16.9. The predicted octanol–water partition coefficient (Wildman–Crippen LogP) is 6.05.